The van der Waals surface area contributed by atoms with E-state index >= 15 is 0 Å². The van der Waals surface area contributed by atoms with Gasteiger partial charge < -0.3 is 13.8 Å². The van der Waals surface area contributed by atoms with Crippen molar-refractivity contribution in [2.24, 2.45) is 22.7 Å². The molecule has 4 atom stereocenters. The molecule has 91 valence electrons. The van der Waals surface area contributed by atoms with E-state index in [2.05, 4.69) is 27.7 Å². The molecule has 0 amide bonds. The first-order valence-electron chi connectivity index (χ1n) is 6.59. The zero-order valence-electron chi connectivity index (χ0n) is 11.1. The molecule has 0 nitrogen and oxygen atoms in total. The summed E-state index contributed by atoms with van der Waals surface area (Å²) in [6.45, 7) is 13.2. The average molecular weight is 295 g/mol. The molecule has 0 heterocycles. The van der Waals surface area contributed by atoms with Crippen LogP contribution in [0.25, 0.3) is 0 Å². The minimum atomic E-state index is 0. The first kappa shape index (κ1) is 15.2. The first-order chi connectivity index (χ1) is 6.97. The van der Waals surface area contributed by atoms with Crippen LogP contribution < -0.4 is 0 Å². The van der Waals surface area contributed by atoms with Gasteiger partial charge in [-0.15, -0.1) is 0 Å². The van der Waals surface area contributed by atoms with Crippen LogP contribution in [-0.4, -0.2) is 0 Å². The normalized spacial score (nSPS) is 43.9. The van der Waals surface area contributed by atoms with E-state index in [0.29, 0.717) is 16.7 Å². The number of fused-ring (bicyclic) bond motifs is 2. The van der Waals surface area contributed by atoms with Crippen molar-refractivity contribution in [2.75, 3.05) is 0 Å². The minimum absolute atomic E-state index is 0. The topological polar surface area (TPSA) is 0 Å². The van der Waals surface area contributed by atoms with Crippen molar-refractivity contribution >= 4 is 0 Å². The van der Waals surface area contributed by atoms with Crippen LogP contribution in [0, 0.1) is 36.5 Å². The SMILES string of the molecule is [CH2-]CC1(CC([CH2-])C)CC2CCC(C)(C2)C1.[Y]. The third kappa shape index (κ3) is 3.11. The Kier molecular flexibility index (Phi) is 5.11. The molecule has 2 aliphatic rings. The van der Waals surface area contributed by atoms with E-state index in [1.165, 1.54) is 38.5 Å². The Morgan fingerprint density at radius 2 is 2.06 bits per heavy atom. The van der Waals surface area contributed by atoms with Gasteiger partial charge in [0, 0.05) is 32.7 Å². The molecule has 16 heavy (non-hydrogen) atoms. The van der Waals surface area contributed by atoms with Crippen molar-refractivity contribution in [2.45, 2.75) is 58.8 Å². The van der Waals surface area contributed by atoms with Crippen LogP contribution in [0.1, 0.15) is 58.8 Å². The summed E-state index contributed by atoms with van der Waals surface area (Å²) in [4.78, 5) is 0. The molecule has 0 spiro atoms. The summed E-state index contributed by atoms with van der Waals surface area (Å²) in [5.74, 6) is 1.59. The van der Waals surface area contributed by atoms with Crippen LogP contribution in [-0.2, 0) is 32.7 Å². The van der Waals surface area contributed by atoms with Crippen LogP contribution in [0.15, 0.2) is 0 Å². The molecule has 1 heteroatoms. The Morgan fingerprint density at radius 1 is 1.38 bits per heavy atom. The second-order valence-electron chi connectivity index (χ2n) is 6.86. The fraction of sp³-hybridized carbons (Fsp3) is 0.867. The number of hydrogen-bond acceptors (Lipinski definition) is 0. The first-order valence-corrected chi connectivity index (χ1v) is 6.59. The Balaban J connectivity index is 0.00000128. The molecule has 0 saturated heterocycles. The van der Waals surface area contributed by atoms with Gasteiger partial charge in [-0.2, -0.15) is 12.3 Å². The molecule has 2 fully saturated rings. The summed E-state index contributed by atoms with van der Waals surface area (Å²) in [7, 11) is 0. The zero-order valence-corrected chi connectivity index (χ0v) is 13.9. The van der Waals surface area contributed by atoms with E-state index in [-0.39, 0.29) is 32.7 Å². The minimum Gasteiger partial charge on any atom is -0.343 e. The van der Waals surface area contributed by atoms with Crippen molar-refractivity contribution in [1.29, 1.82) is 0 Å². The van der Waals surface area contributed by atoms with Crippen molar-refractivity contribution in [3.63, 3.8) is 0 Å². The van der Waals surface area contributed by atoms with Gasteiger partial charge in [-0.25, -0.2) is 0 Å². The average Bonchev–Trinajstić information content (AvgIpc) is 2.39. The maximum absolute atomic E-state index is 4.23. The fourth-order valence-corrected chi connectivity index (χ4v) is 4.57. The number of rotatable bonds is 3. The second kappa shape index (κ2) is 5.39. The molecule has 0 aromatic rings. The maximum Gasteiger partial charge on any atom is 0 e. The smallest absolute Gasteiger partial charge is 0 e. The summed E-state index contributed by atoms with van der Waals surface area (Å²) in [5.41, 5.74) is 1.19. The van der Waals surface area contributed by atoms with Gasteiger partial charge in [-0.3, -0.25) is 0 Å². The van der Waals surface area contributed by atoms with E-state index in [0.717, 1.165) is 12.3 Å². The molecule has 0 aromatic heterocycles. The third-order valence-corrected chi connectivity index (χ3v) is 4.77. The predicted octanol–water partition coefficient (Wildman–Crippen LogP) is 4.65. The molecule has 4 unspecified atom stereocenters. The third-order valence-electron chi connectivity index (χ3n) is 4.77. The van der Waals surface area contributed by atoms with Gasteiger partial charge in [-0.05, 0) is 43.4 Å². The van der Waals surface area contributed by atoms with Gasteiger partial charge in [-0.1, -0.05) is 25.7 Å². The zero-order chi connectivity index (χ0) is 11.1. The summed E-state index contributed by atoms with van der Waals surface area (Å²) >= 11 is 0. The predicted molar refractivity (Wildman–Crippen MR) is 66.2 cm³/mol. The van der Waals surface area contributed by atoms with Crippen LogP contribution in [0.2, 0.25) is 0 Å². The van der Waals surface area contributed by atoms with Crippen molar-refractivity contribution < 1.29 is 32.7 Å². The van der Waals surface area contributed by atoms with Crippen LogP contribution in [0.3, 0.4) is 0 Å². The number of hydrogen-bond donors (Lipinski definition) is 0. The van der Waals surface area contributed by atoms with Gasteiger partial charge in [0.15, 0.2) is 0 Å². The molecule has 2 saturated carbocycles. The van der Waals surface area contributed by atoms with E-state index in [4.69, 9.17) is 0 Å². The van der Waals surface area contributed by atoms with E-state index < -0.39 is 0 Å². The van der Waals surface area contributed by atoms with Crippen molar-refractivity contribution in [1.82, 2.24) is 0 Å². The summed E-state index contributed by atoms with van der Waals surface area (Å²) in [6.07, 6.45) is 9.70. The van der Waals surface area contributed by atoms with Gasteiger partial charge >= 0.3 is 0 Å². The van der Waals surface area contributed by atoms with Gasteiger partial charge in [0.1, 0.15) is 0 Å². The molecule has 0 aromatic carbocycles. The Bertz CT molecular complexity index is 236. The molecular weight excluding hydrogens is 269 g/mol. The maximum atomic E-state index is 4.23. The molecule has 2 rings (SSSR count). The van der Waals surface area contributed by atoms with Crippen LogP contribution in [0.4, 0.5) is 0 Å². The molecule has 1 radical (unpaired) electrons. The van der Waals surface area contributed by atoms with Gasteiger partial charge in [0.05, 0.1) is 0 Å². The van der Waals surface area contributed by atoms with Gasteiger partial charge in [0.2, 0.25) is 0 Å². The van der Waals surface area contributed by atoms with E-state index in [9.17, 15) is 0 Å². The molecule has 0 N–H and O–H groups in total. The van der Waals surface area contributed by atoms with Gasteiger partial charge in [0.25, 0.3) is 0 Å². The second-order valence-corrected chi connectivity index (χ2v) is 6.86. The molecular formula is C15H26Y-2. The monoisotopic (exact) mass is 295 g/mol. The van der Waals surface area contributed by atoms with Crippen LogP contribution in [0.5, 0.6) is 0 Å². The standard InChI is InChI=1S/C15H26.Y/c1-5-15(8-12(2)3)10-13-6-7-14(4,9-13)11-15;/h12-13H,1-2,5-11H2,3-4H3;/q-2;. The summed E-state index contributed by atoms with van der Waals surface area (Å²) < 4.78 is 0. The Labute approximate surface area is 127 Å². The van der Waals surface area contributed by atoms with E-state index in [1.54, 1.807) is 0 Å². The fourth-order valence-electron chi connectivity index (χ4n) is 4.57. The Morgan fingerprint density at radius 3 is 2.56 bits per heavy atom. The molecule has 2 bridgehead atoms. The van der Waals surface area contributed by atoms with Crippen molar-refractivity contribution in [3.8, 4) is 0 Å². The Hall–Kier alpha value is 1.10. The quantitative estimate of drug-likeness (QED) is 0.665. The summed E-state index contributed by atoms with van der Waals surface area (Å²) in [5, 5.41) is 0. The summed E-state index contributed by atoms with van der Waals surface area (Å²) in [6, 6.07) is 0. The largest absolute Gasteiger partial charge is 0.343 e. The van der Waals surface area contributed by atoms with Crippen molar-refractivity contribution in [3.05, 3.63) is 13.8 Å². The molecule has 0 aliphatic heterocycles. The van der Waals surface area contributed by atoms with E-state index in [1.807, 2.05) is 0 Å². The molecule has 2 aliphatic carbocycles. The van der Waals surface area contributed by atoms with Crippen LogP contribution >= 0.6 is 0 Å².